The van der Waals surface area contributed by atoms with Crippen molar-refractivity contribution in [1.29, 1.82) is 0 Å². The highest BCUT2D eigenvalue weighted by atomic mass is 19.1. The van der Waals surface area contributed by atoms with Gasteiger partial charge in [0.2, 0.25) is 0 Å². The van der Waals surface area contributed by atoms with E-state index in [4.69, 9.17) is 10.5 Å². The van der Waals surface area contributed by atoms with Crippen LogP contribution in [0.4, 0.5) is 15.8 Å². The number of nitrogens with two attached hydrogens (primary N) is 1. The van der Waals surface area contributed by atoms with E-state index in [1.165, 1.54) is 6.07 Å². The molecule has 0 spiro atoms. The summed E-state index contributed by atoms with van der Waals surface area (Å²) in [5.41, 5.74) is 7.15. The van der Waals surface area contributed by atoms with Crippen LogP contribution in [0.5, 0.6) is 5.75 Å². The molecule has 2 N–H and O–H groups in total. The van der Waals surface area contributed by atoms with E-state index in [9.17, 15) is 4.39 Å². The zero-order valence-corrected chi connectivity index (χ0v) is 11.7. The highest BCUT2D eigenvalue weighted by Gasteiger charge is 2.15. The first-order valence-electron chi connectivity index (χ1n) is 6.45. The topological polar surface area (TPSA) is 38.5 Å². The van der Waals surface area contributed by atoms with Crippen LogP contribution in [0.25, 0.3) is 0 Å². The molecule has 0 saturated carbocycles. The fourth-order valence-electron chi connectivity index (χ4n) is 1.98. The largest absolute Gasteiger partial charge is 0.491 e. The molecule has 0 aliphatic heterocycles. The summed E-state index contributed by atoms with van der Waals surface area (Å²) in [7, 11) is 1.97. The Kier molecular flexibility index (Phi) is 5.25. The van der Waals surface area contributed by atoms with Crippen LogP contribution < -0.4 is 15.4 Å². The van der Waals surface area contributed by atoms with Crippen molar-refractivity contribution in [3.63, 3.8) is 0 Å². The third kappa shape index (κ3) is 3.28. The van der Waals surface area contributed by atoms with E-state index in [2.05, 4.69) is 18.7 Å². The number of rotatable bonds is 6. The zero-order chi connectivity index (χ0) is 13.7. The molecular weight excluding hydrogens is 231 g/mol. The molecule has 18 heavy (non-hydrogen) atoms. The van der Waals surface area contributed by atoms with Crippen LogP contribution in [-0.4, -0.2) is 19.7 Å². The lowest BCUT2D eigenvalue weighted by atomic mass is 10.1. The number of halogens is 1. The number of ether oxygens (including phenoxy) is 1. The molecule has 102 valence electrons. The van der Waals surface area contributed by atoms with Gasteiger partial charge in [0.25, 0.3) is 0 Å². The summed E-state index contributed by atoms with van der Waals surface area (Å²) in [6.07, 6.45) is 2.17. The van der Waals surface area contributed by atoms with Gasteiger partial charge in [0.15, 0.2) is 11.6 Å². The molecule has 0 heterocycles. The first-order valence-corrected chi connectivity index (χ1v) is 6.45. The van der Waals surface area contributed by atoms with Gasteiger partial charge in [0.1, 0.15) is 0 Å². The Morgan fingerprint density at radius 1 is 1.39 bits per heavy atom. The normalized spacial score (nSPS) is 12.3. The predicted octanol–water partition coefficient (Wildman–Crippen LogP) is 3.43. The highest BCUT2D eigenvalue weighted by molar-refractivity contribution is 5.70. The molecule has 0 aliphatic carbocycles. The lowest BCUT2D eigenvalue weighted by Crippen LogP contribution is -2.29. The summed E-state index contributed by atoms with van der Waals surface area (Å²) in [4.78, 5) is 2.07. The summed E-state index contributed by atoms with van der Waals surface area (Å²) in [5, 5.41) is 0. The van der Waals surface area contributed by atoms with E-state index in [-0.39, 0.29) is 5.75 Å². The van der Waals surface area contributed by atoms with Gasteiger partial charge in [0.05, 0.1) is 18.0 Å². The molecule has 0 amide bonds. The van der Waals surface area contributed by atoms with Crippen molar-refractivity contribution < 1.29 is 9.13 Å². The minimum absolute atomic E-state index is 0.261. The number of benzene rings is 1. The van der Waals surface area contributed by atoms with Gasteiger partial charge in [-0.2, -0.15) is 0 Å². The van der Waals surface area contributed by atoms with Crippen molar-refractivity contribution >= 4 is 11.4 Å². The zero-order valence-electron chi connectivity index (χ0n) is 11.7. The molecule has 4 heteroatoms. The first-order chi connectivity index (χ1) is 8.51. The maximum absolute atomic E-state index is 13.6. The third-order valence-electron chi connectivity index (χ3n) is 3.13. The summed E-state index contributed by atoms with van der Waals surface area (Å²) in [5.74, 6) is -0.146. The van der Waals surface area contributed by atoms with Crippen LogP contribution in [0.1, 0.15) is 33.6 Å². The van der Waals surface area contributed by atoms with Gasteiger partial charge in [-0.3, -0.25) is 0 Å². The number of hydrogen-bond acceptors (Lipinski definition) is 3. The summed E-state index contributed by atoms with van der Waals surface area (Å²) in [6, 6.07) is 3.37. The molecule has 3 nitrogen and oxygen atoms in total. The molecule has 0 bridgehead atoms. The van der Waals surface area contributed by atoms with Crippen molar-refractivity contribution in [1.82, 2.24) is 0 Å². The first kappa shape index (κ1) is 14.6. The Morgan fingerprint density at radius 2 is 2.06 bits per heavy atom. The standard InChI is InChI=1S/C14H23FN2O/c1-5-7-10(3)17(4)13-9-14(18-6-2)11(15)8-12(13)16/h8-10H,5-7,16H2,1-4H3. The Hall–Kier alpha value is -1.45. The van der Waals surface area contributed by atoms with Crippen LogP contribution in [0, 0.1) is 5.82 Å². The van der Waals surface area contributed by atoms with Crippen molar-refractivity contribution in [2.24, 2.45) is 0 Å². The summed E-state index contributed by atoms with van der Waals surface area (Å²) < 4.78 is 18.9. The van der Waals surface area contributed by atoms with Crippen LogP contribution in [0.2, 0.25) is 0 Å². The quantitative estimate of drug-likeness (QED) is 0.790. The summed E-state index contributed by atoms with van der Waals surface area (Å²) in [6.45, 7) is 6.55. The van der Waals surface area contributed by atoms with Gasteiger partial charge >= 0.3 is 0 Å². The minimum atomic E-state index is -0.408. The monoisotopic (exact) mass is 254 g/mol. The number of nitrogens with zero attached hydrogens (tertiary/aromatic N) is 1. The molecule has 0 saturated heterocycles. The van der Waals surface area contributed by atoms with E-state index in [0.717, 1.165) is 18.5 Å². The molecule has 1 aromatic carbocycles. The van der Waals surface area contributed by atoms with Gasteiger partial charge in [-0.05, 0) is 20.3 Å². The molecule has 0 aliphatic rings. The average molecular weight is 254 g/mol. The molecular formula is C14H23FN2O. The lowest BCUT2D eigenvalue weighted by molar-refractivity contribution is 0.321. The number of anilines is 2. The molecule has 1 unspecified atom stereocenters. The van der Waals surface area contributed by atoms with Gasteiger partial charge < -0.3 is 15.4 Å². The van der Waals surface area contributed by atoms with E-state index in [0.29, 0.717) is 18.3 Å². The second-order valence-electron chi connectivity index (χ2n) is 4.52. The molecule has 1 aromatic rings. The van der Waals surface area contributed by atoms with Crippen molar-refractivity contribution in [2.75, 3.05) is 24.3 Å². The van der Waals surface area contributed by atoms with Crippen molar-refractivity contribution in [3.8, 4) is 5.75 Å². The van der Waals surface area contributed by atoms with Gasteiger partial charge in [-0.25, -0.2) is 4.39 Å². The molecule has 0 fully saturated rings. The Bertz CT molecular complexity index is 396. The average Bonchev–Trinajstić information content (AvgIpc) is 2.32. The van der Waals surface area contributed by atoms with E-state index >= 15 is 0 Å². The Morgan fingerprint density at radius 3 is 2.61 bits per heavy atom. The van der Waals surface area contributed by atoms with Crippen LogP contribution in [-0.2, 0) is 0 Å². The molecule has 1 atom stereocenters. The fraction of sp³-hybridized carbons (Fsp3) is 0.571. The van der Waals surface area contributed by atoms with Crippen molar-refractivity contribution in [3.05, 3.63) is 17.9 Å². The smallest absolute Gasteiger partial charge is 0.167 e. The van der Waals surface area contributed by atoms with E-state index < -0.39 is 5.82 Å². The van der Waals surface area contributed by atoms with Gasteiger partial charge in [-0.1, -0.05) is 13.3 Å². The predicted molar refractivity (Wildman–Crippen MR) is 74.8 cm³/mol. The number of nitrogen functional groups attached to an aromatic ring is 1. The van der Waals surface area contributed by atoms with Crippen LogP contribution in [0.3, 0.4) is 0 Å². The van der Waals surface area contributed by atoms with E-state index in [1.54, 1.807) is 6.07 Å². The fourth-order valence-corrected chi connectivity index (χ4v) is 1.98. The maximum atomic E-state index is 13.6. The van der Waals surface area contributed by atoms with Crippen molar-refractivity contribution in [2.45, 2.75) is 39.7 Å². The third-order valence-corrected chi connectivity index (χ3v) is 3.13. The Labute approximate surface area is 109 Å². The maximum Gasteiger partial charge on any atom is 0.167 e. The second-order valence-corrected chi connectivity index (χ2v) is 4.52. The van der Waals surface area contributed by atoms with Gasteiger partial charge in [-0.15, -0.1) is 0 Å². The van der Waals surface area contributed by atoms with Crippen LogP contribution in [0.15, 0.2) is 12.1 Å². The minimum Gasteiger partial charge on any atom is -0.491 e. The Balaban J connectivity index is 3.03. The molecule has 1 rings (SSSR count). The molecule has 0 radical (unpaired) electrons. The SMILES string of the molecule is CCCC(C)N(C)c1cc(OCC)c(F)cc1N. The van der Waals surface area contributed by atoms with Crippen LogP contribution >= 0.6 is 0 Å². The second kappa shape index (κ2) is 6.47. The highest BCUT2D eigenvalue weighted by Crippen LogP contribution is 2.32. The molecule has 0 aromatic heterocycles. The van der Waals surface area contributed by atoms with E-state index in [1.807, 2.05) is 14.0 Å². The lowest BCUT2D eigenvalue weighted by Gasteiger charge is -2.28. The van der Waals surface area contributed by atoms with Gasteiger partial charge in [0, 0.05) is 25.2 Å². The summed E-state index contributed by atoms with van der Waals surface area (Å²) >= 11 is 0. The number of hydrogen-bond donors (Lipinski definition) is 1.